The molecule has 18 heavy (non-hydrogen) atoms. The topological polar surface area (TPSA) is 21.3 Å². The summed E-state index contributed by atoms with van der Waals surface area (Å²) in [5.74, 6) is 0.913. The van der Waals surface area contributed by atoms with E-state index in [1.165, 1.54) is 32.8 Å². The summed E-state index contributed by atoms with van der Waals surface area (Å²) in [6.45, 7) is 1.07. The van der Waals surface area contributed by atoms with Crippen LogP contribution in [0, 0.1) is 11.7 Å². The Balaban J connectivity index is 1.87. The maximum atomic E-state index is 14.2. The van der Waals surface area contributed by atoms with Gasteiger partial charge in [0.2, 0.25) is 0 Å². The summed E-state index contributed by atoms with van der Waals surface area (Å²) in [4.78, 5) is 0. The van der Waals surface area contributed by atoms with Crippen molar-refractivity contribution in [3.05, 3.63) is 29.6 Å². The highest BCUT2D eigenvalue weighted by Crippen LogP contribution is 2.46. The lowest BCUT2D eigenvalue weighted by atomic mass is 9.84. The molecule has 1 atom stereocenters. The highest BCUT2D eigenvalue weighted by Gasteiger charge is 2.46. The molecule has 98 valence electrons. The highest BCUT2D eigenvalue weighted by atomic mass is 19.1. The molecule has 2 aliphatic rings. The number of ether oxygens (including phenoxy) is 1. The van der Waals surface area contributed by atoms with Gasteiger partial charge in [0.15, 0.2) is 11.6 Å². The molecule has 1 unspecified atom stereocenters. The van der Waals surface area contributed by atoms with Crippen molar-refractivity contribution < 1.29 is 9.13 Å². The second kappa shape index (κ2) is 4.54. The first-order valence-electron chi connectivity index (χ1n) is 6.81. The van der Waals surface area contributed by atoms with Gasteiger partial charge in [-0.25, -0.2) is 4.39 Å². The van der Waals surface area contributed by atoms with Gasteiger partial charge in [0.1, 0.15) is 0 Å². The third kappa shape index (κ3) is 2.01. The van der Waals surface area contributed by atoms with E-state index < -0.39 is 0 Å². The first-order chi connectivity index (χ1) is 8.75. The summed E-state index contributed by atoms with van der Waals surface area (Å²) < 4.78 is 19.3. The number of nitrogens with one attached hydrogen (secondary N) is 1. The number of rotatable bonds is 4. The van der Waals surface area contributed by atoms with Gasteiger partial charge in [0, 0.05) is 5.54 Å². The SMILES string of the molecule is COc1cccc(CC2(C3CC3)CCCN2)c1F. The van der Waals surface area contributed by atoms with Gasteiger partial charge in [-0.15, -0.1) is 0 Å². The van der Waals surface area contributed by atoms with Gasteiger partial charge in [0.25, 0.3) is 0 Å². The number of halogens is 1. The Morgan fingerprint density at radius 3 is 2.89 bits per heavy atom. The largest absolute Gasteiger partial charge is 0.494 e. The van der Waals surface area contributed by atoms with Crippen molar-refractivity contribution >= 4 is 0 Å². The van der Waals surface area contributed by atoms with E-state index in [1.54, 1.807) is 6.07 Å². The molecular weight excluding hydrogens is 229 g/mol. The fraction of sp³-hybridized carbons (Fsp3) is 0.600. The van der Waals surface area contributed by atoms with Crippen LogP contribution in [0.3, 0.4) is 0 Å². The van der Waals surface area contributed by atoms with Crippen LogP contribution in [0.2, 0.25) is 0 Å². The Kier molecular flexibility index (Phi) is 3.02. The zero-order valence-corrected chi connectivity index (χ0v) is 10.8. The Morgan fingerprint density at radius 2 is 2.28 bits per heavy atom. The van der Waals surface area contributed by atoms with Gasteiger partial charge >= 0.3 is 0 Å². The Labute approximate surface area is 108 Å². The molecule has 1 saturated carbocycles. The number of methoxy groups -OCH3 is 1. The zero-order valence-electron chi connectivity index (χ0n) is 10.8. The van der Waals surface area contributed by atoms with Crippen molar-refractivity contribution in [1.82, 2.24) is 5.32 Å². The molecule has 1 heterocycles. The molecule has 2 nitrogen and oxygen atoms in total. The van der Waals surface area contributed by atoms with E-state index >= 15 is 0 Å². The number of benzene rings is 1. The highest BCUT2D eigenvalue weighted by molar-refractivity contribution is 5.33. The molecule has 3 heteroatoms. The monoisotopic (exact) mass is 249 g/mol. The summed E-state index contributed by atoms with van der Waals surface area (Å²) in [7, 11) is 1.52. The number of hydrogen-bond acceptors (Lipinski definition) is 2. The predicted octanol–water partition coefficient (Wildman–Crippen LogP) is 2.91. The number of hydrogen-bond donors (Lipinski definition) is 1. The molecule has 3 rings (SSSR count). The Hall–Kier alpha value is -1.09. The summed E-state index contributed by atoms with van der Waals surface area (Å²) in [6.07, 6.45) is 5.76. The normalized spacial score (nSPS) is 27.4. The molecule has 1 aliphatic heterocycles. The van der Waals surface area contributed by atoms with Crippen molar-refractivity contribution in [1.29, 1.82) is 0 Å². The lowest BCUT2D eigenvalue weighted by Gasteiger charge is -2.30. The second-order valence-corrected chi connectivity index (χ2v) is 5.57. The van der Waals surface area contributed by atoms with E-state index in [0.29, 0.717) is 5.75 Å². The van der Waals surface area contributed by atoms with E-state index in [4.69, 9.17) is 4.74 Å². The third-order valence-electron chi connectivity index (χ3n) is 4.40. The maximum Gasteiger partial charge on any atom is 0.168 e. The third-order valence-corrected chi connectivity index (χ3v) is 4.40. The van der Waals surface area contributed by atoms with E-state index in [2.05, 4.69) is 5.32 Å². The molecule has 0 amide bonds. The summed E-state index contributed by atoms with van der Waals surface area (Å²) in [6, 6.07) is 5.46. The van der Waals surface area contributed by atoms with Crippen LogP contribution in [-0.4, -0.2) is 19.2 Å². The lowest BCUT2D eigenvalue weighted by molar-refractivity contribution is 0.316. The zero-order chi connectivity index (χ0) is 12.6. The standard InChI is InChI=1S/C15H20FNO/c1-18-13-5-2-4-11(14(13)16)10-15(12-6-7-12)8-3-9-17-15/h2,4-5,12,17H,3,6-10H2,1H3. The molecule has 1 aromatic carbocycles. The molecule has 0 spiro atoms. The van der Waals surface area contributed by atoms with Crippen LogP contribution in [0.4, 0.5) is 4.39 Å². The van der Waals surface area contributed by atoms with Crippen LogP contribution in [0.1, 0.15) is 31.2 Å². The van der Waals surface area contributed by atoms with Crippen molar-refractivity contribution in [3.8, 4) is 5.75 Å². The fourth-order valence-corrected chi connectivity index (χ4v) is 3.30. The molecule has 0 radical (unpaired) electrons. The minimum absolute atomic E-state index is 0.146. The molecule has 1 aromatic rings. The summed E-state index contributed by atoms with van der Waals surface area (Å²) >= 11 is 0. The van der Waals surface area contributed by atoms with Gasteiger partial charge in [0.05, 0.1) is 7.11 Å². The van der Waals surface area contributed by atoms with Crippen LogP contribution in [0.25, 0.3) is 0 Å². The van der Waals surface area contributed by atoms with Gasteiger partial charge in [-0.05, 0) is 56.2 Å². The van der Waals surface area contributed by atoms with E-state index in [-0.39, 0.29) is 11.4 Å². The van der Waals surface area contributed by atoms with Crippen LogP contribution >= 0.6 is 0 Å². The van der Waals surface area contributed by atoms with Gasteiger partial charge < -0.3 is 10.1 Å². The minimum atomic E-state index is -0.186. The second-order valence-electron chi connectivity index (χ2n) is 5.57. The van der Waals surface area contributed by atoms with Crippen molar-refractivity contribution in [2.45, 2.75) is 37.6 Å². The molecule has 0 bridgehead atoms. The Bertz CT molecular complexity index is 436. The van der Waals surface area contributed by atoms with Gasteiger partial charge in [-0.3, -0.25) is 0 Å². The molecule has 2 fully saturated rings. The molecule has 1 N–H and O–H groups in total. The molecule has 0 aromatic heterocycles. The van der Waals surface area contributed by atoms with Crippen molar-refractivity contribution in [2.24, 2.45) is 5.92 Å². The van der Waals surface area contributed by atoms with E-state index in [9.17, 15) is 4.39 Å². The summed E-state index contributed by atoms with van der Waals surface area (Å²) in [5.41, 5.74) is 0.934. The van der Waals surface area contributed by atoms with Crippen LogP contribution in [-0.2, 0) is 6.42 Å². The van der Waals surface area contributed by atoms with Crippen LogP contribution in [0.15, 0.2) is 18.2 Å². The molecule has 1 saturated heterocycles. The summed E-state index contributed by atoms with van der Waals surface area (Å²) in [5, 5.41) is 3.64. The van der Waals surface area contributed by atoms with E-state index in [1.807, 2.05) is 12.1 Å². The lowest BCUT2D eigenvalue weighted by Crippen LogP contribution is -2.44. The van der Waals surface area contributed by atoms with Crippen molar-refractivity contribution in [2.75, 3.05) is 13.7 Å². The quantitative estimate of drug-likeness (QED) is 0.886. The predicted molar refractivity (Wildman–Crippen MR) is 69.3 cm³/mol. The van der Waals surface area contributed by atoms with Crippen LogP contribution < -0.4 is 10.1 Å². The van der Waals surface area contributed by atoms with Crippen molar-refractivity contribution in [3.63, 3.8) is 0 Å². The average Bonchev–Trinajstić information content (AvgIpc) is 3.14. The Morgan fingerprint density at radius 1 is 1.44 bits per heavy atom. The van der Waals surface area contributed by atoms with Crippen LogP contribution in [0.5, 0.6) is 5.75 Å². The fourth-order valence-electron chi connectivity index (χ4n) is 3.30. The first kappa shape index (κ1) is 12.0. The van der Waals surface area contributed by atoms with E-state index in [0.717, 1.165) is 24.4 Å². The maximum absolute atomic E-state index is 14.2. The van der Waals surface area contributed by atoms with Gasteiger partial charge in [-0.2, -0.15) is 0 Å². The average molecular weight is 249 g/mol. The minimum Gasteiger partial charge on any atom is -0.494 e. The molecular formula is C15H20FNO. The van der Waals surface area contributed by atoms with Gasteiger partial charge in [-0.1, -0.05) is 12.1 Å². The first-order valence-corrected chi connectivity index (χ1v) is 6.81. The molecule has 1 aliphatic carbocycles. The smallest absolute Gasteiger partial charge is 0.168 e.